The second-order valence-electron chi connectivity index (χ2n) is 5.89. The van der Waals surface area contributed by atoms with Gasteiger partial charge in [0.2, 0.25) is 0 Å². The van der Waals surface area contributed by atoms with Gasteiger partial charge in [0.15, 0.2) is 11.6 Å². The van der Waals surface area contributed by atoms with E-state index in [1.165, 1.54) is 12.3 Å². The fraction of sp³-hybridized carbons (Fsp3) is 0.250. The maximum Gasteiger partial charge on any atom is 0.270 e. The molecule has 0 saturated carbocycles. The van der Waals surface area contributed by atoms with Crippen LogP contribution < -0.4 is 10.6 Å². The van der Waals surface area contributed by atoms with Crippen LogP contribution in [0.15, 0.2) is 36.5 Å². The van der Waals surface area contributed by atoms with Crippen LogP contribution >= 0.6 is 0 Å². The average Bonchev–Trinajstić information content (AvgIpc) is 2.41. The van der Waals surface area contributed by atoms with Gasteiger partial charge in [-0.2, -0.15) is 0 Å². The quantitative estimate of drug-likeness (QED) is 0.910. The lowest BCUT2D eigenvalue weighted by Gasteiger charge is -2.20. The summed E-state index contributed by atoms with van der Waals surface area (Å²) in [5, 5.41) is 5.71. The molecular formula is C16H17F2N3O. The van der Waals surface area contributed by atoms with E-state index in [1.807, 2.05) is 20.8 Å². The molecule has 116 valence electrons. The number of nitrogens with zero attached hydrogens (tertiary/aromatic N) is 1. The predicted molar refractivity (Wildman–Crippen MR) is 81.1 cm³/mol. The maximum atomic E-state index is 13.2. The zero-order chi connectivity index (χ0) is 16.3. The molecule has 0 aliphatic rings. The summed E-state index contributed by atoms with van der Waals surface area (Å²) in [6.07, 6.45) is 1.47. The van der Waals surface area contributed by atoms with Crippen LogP contribution in [0.5, 0.6) is 0 Å². The summed E-state index contributed by atoms with van der Waals surface area (Å²) in [4.78, 5) is 16.1. The molecule has 1 aromatic heterocycles. The molecule has 2 N–H and O–H groups in total. The van der Waals surface area contributed by atoms with Gasteiger partial charge in [-0.1, -0.05) is 0 Å². The van der Waals surface area contributed by atoms with Crippen LogP contribution in [-0.2, 0) is 0 Å². The van der Waals surface area contributed by atoms with E-state index in [4.69, 9.17) is 0 Å². The summed E-state index contributed by atoms with van der Waals surface area (Å²) in [5.41, 5.74) is 0.803. The van der Waals surface area contributed by atoms with Crippen LogP contribution in [-0.4, -0.2) is 16.4 Å². The second kappa shape index (κ2) is 6.09. The minimum Gasteiger partial charge on any atom is -0.355 e. The first-order valence-corrected chi connectivity index (χ1v) is 6.75. The van der Waals surface area contributed by atoms with Gasteiger partial charge < -0.3 is 10.6 Å². The highest BCUT2D eigenvalue weighted by atomic mass is 19.2. The van der Waals surface area contributed by atoms with E-state index >= 15 is 0 Å². The molecule has 0 bridgehead atoms. The Balaban J connectivity index is 2.17. The first kappa shape index (κ1) is 15.9. The number of pyridine rings is 1. The van der Waals surface area contributed by atoms with E-state index in [-0.39, 0.29) is 17.1 Å². The highest BCUT2D eigenvalue weighted by Crippen LogP contribution is 2.19. The van der Waals surface area contributed by atoms with Crippen LogP contribution in [0.25, 0.3) is 0 Å². The van der Waals surface area contributed by atoms with Crippen molar-refractivity contribution in [1.29, 1.82) is 0 Å². The molecule has 1 heterocycles. The Bertz CT molecular complexity index is 696. The zero-order valence-electron chi connectivity index (χ0n) is 12.6. The van der Waals surface area contributed by atoms with Crippen molar-refractivity contribution in [2.45, 2.75) is 26.3 Å². The van der Waals surface area contributed by atoms with Crippen molar-refractivity contribution < 1.29 is 13.6 Å². The lowest BCUT2D eigenvalue weighted by Crippen LogP contribution is -2.40. The van der Waals surface area contributed by atoms with Gasteiger partial charge >= 0.3 is 0 Å². The van der Waals surface area contributed by atoms with Crippen LogP contribution in [0, 0.1) is 11.6 Å². The molecule has 0 fully saturated rings. The summed E-state index contributed by atoms with van der Waals surface area (Å²) < 4.78 is 26.1. The van der Waals surface area contributed by atoms with Gasteiger partial charge in [-0.05, 0) is 45.0 Å². The molecule has 0 spiro atoms. The van der Waals surface area contributed by atoms with Crippen molar-refractivity contribution in [3.8, 4) is 0 Å². The third-order valence-corrected chi connectivity index (χ3v) is 2.69. The Morgan fingerprint density at radius 1 is 1.05 bits per heavy atom. The molecule has 0 radical (unpaired) electrons. The van der Waals surface area contributed by atoms with E-state index in [0.29, 0.717) is 11.4 Å². The summed E-state index contributed by atoms with van der Waals surface area (Å²) in [6.45, 7) is 5.61. The maximum absolute atomic E-state index is 13.2. The number of anilines is 2. The standard InChI is InChI=1S/C16H17F2N3O/c1-16(2,3)21-15(22)14-9-11(6-7-19-14)20-10-4-5-12(17)13(18)8-10/h4-9H,1-3H3,(H,19,20)(H,21,22). The zero-order valence-corrected chi connectivity index (χ0v) is 12.6. The Morgan fingerprint density at radius 3 is 2.36 bits per heavy atom. The van der Waals surface area contributed by atoms with Crippen molar-refractivity contribution in [3.05, 3.63) is 53.9 Å². The Morgan fingerprint density at radius 2 is 1.73 bits per heavy atom. The first-order valence-electron chi connectivity index (χ1n) is 6.75. The van der Waals surface area contributed by atoms with E-state index in [1.54, 1.807) is 12.1 Å². The van der Waals surface area contributed by atoms with Gasteiger partial charge in [0.1, 0.15) is 5.69 Å². The van der Waals surface area contributed by atoms with Crippen LogP contribution in [0.3, 0.4) is 0 Å². The predicted octanol–water partition coefficient (Wildman–Crippen LogP) is 3.63. The number of halogens is 2. The van der Waals surface area contributed by atoms with Crippen molar-refractivity contribution in [1.82, 2.24) is 10.3 Å². The number of nitrogens with one attached hydrogen (secondary N) is 2. The number of amides is 1. The normalized spacial score (nSPS) is 11.1. The van der Waals surface area contributed by atoms with Gasteiger partial charge in [-0.25, -0.2) is 8.78 Å². The minimum atomic E-state index is -0.940. The molecule has 0 atom stereocenters. The highest BCUT2D eigenvalue weighted by molar-refractivity contribution is 5.93. The molecular weight excluding hydrogens is 288 g/mol. The summed E-state index contributed by atoms with van der Waals surface area (Å²) in [7, 11) is 0. The number of carbonyl (C=O) groups excluding carboxylic acids is 1. The monoisotopic (exact) mass is 305 g/mol. The van der Waals surface area contributed by atoms with Crippen molar-refractivity contribution in [3.63, 3.8) is 0 Å². The number of carbonyl (C=O) groups is 1. The van der Waals surface area contributed by atoms with Crippen LogP contribution in [0.4, 0.5) is 20.2 Å². The Kier molecular flexibility index (Phi) is 4.40. The molecule has 22 heavy (non-hydrogen) atoms. The summed E-state index contributed by atoms with van der Waals surface area (Å²) in [5.74, 6) is -2.16. The topological polar surface area (TPSA) is 54.0 Å². The number of benzene rings is 1. The fourth-order valence-corrected chi connectivity index (χ4v) is 1.78. The molecule has 6 heteroatoms. The average molecular weight is 305 g/mol. The third kappa shape index (κ3) is 4.25. The molecule has 0 saturated heterocycles. The lowest BCUT2D eigenvalue weighted by molar-refractivity contribution is 0.0914. The van der Waals surface area contributed by atoms with Gasteiger partial charge in [0.05, 0.1) is 0 Å². The molecule has 2 aromatic rings. The molecule has 4 nitrogen and oxygen atoms in total. The van der Waals surface area contributed by atoms with Crippen LogP contribution in [0.2, 0.25) is 0 Å². The van der Waals surface area contributed by atoms with Gasteiger partial charge in [-0.3, -0.25) is 9.78 Å². The second-order valence-corrected chi connectivity index (χ2v) is 5.89. The molecule has 1 amide bonds. The molecule has 0 aliphatic heterocycles. The largest absolute Gasteiger partial charge is 0.355 e. The van der Waals surface area contributed by atoms with Crippen molar-refractivity contribution >= 4 is 17.3 Å². The smallest absolute Gasteiger partial charge is 0.270 e. The molecule has 1 aromatic carbocycles. The minimum absolute atomic E-state index is 0.238. The SMILES string of the molecule is CC(C)(C)NC(=O)c1cc(Nc2ccc(F)c(F)c2)ccn1. The van der Waals surface area contributed by atoms with Gasteiger partial charge in [-0.15, -0.1) is 0 Å². The third-order valence-electron chi connectivity index (χ3n) is 2.69. The first-order chi connectivity index (χ1) is 10.2. The Hall–Kier alpha value is -2.50. The van der Waals surface area contributed by atoms with Gasteiger partial charge in [0.25, 0.3) is 5.91 Å². The van der Waals surface area contributed by atoms with Crippen molar-refractivity contribution in [2.24, 2.45) is 0 Å². The number of hydrogen-bond acceptors (Lipinski definition) is 3. The molecule has 2 rings (SSSR count). The highest BCUT2D eigenvalue weighted by Gasteiger charge is 2.16. The number of hydrogen-bond donors (Lipinski definition) is 2. The van der Waals surface area contributed by atoms with E-state index in [0.717, 1.165) is 12.1 Å². The fourth-order valence-electron chi connectivity index (χ4n) is 1.78. The van der Waals surface area contributed by atoms with E-state index in [9.17, 15) is 13.6 Å². The Labute approximate surface area is 127 Å². The number of rotatable bonds is 3. The molecule has 0 unspecified atom stereocenters. The summed E-state index contributed by atoms with van der Waals surface area (Å²) in [6, 6.07) is 6.67. The van der Waals surface area contributed by atoms with E-state index in [2.05, 4.69) is 15.6 Å². The van der Waals surface area contributed by atoms with E-state index < -0.39 is 11.6 Å². The molecule has 0 aliphatic carbocycles. The lowest BCUT2D eigenvalue weighted by atomic mass is 10.1. The number of aromatic nitrogens is 1. The van der Waals surface area contributed by atoms with Crippen molar-refractivity contribution in [2.75, 3.05) is 5.32 Å². The summed E-state index contributed by atoms with van der Waals surface area (Å²) >= 11 is 0. The van der Waals surface area contributed by atoms with Gasteiger partial charge in [0, 0.05) is 29.2 Å². The van der Waals surface area contributed by atoms with Crippen LogP contribution in [0.1, 0.15) is 31.3 Å².